The largest absolute Gasteiger partial charge is 0.704 e. The summed E-state index contributed by atoms with van der Waals surface area (Å²) < 4.78 is 12.8. The second-order valence-corrected chi connectivity index (χ2v) is 2.33. The van der Waals surface area contributed by atoms with Gasteiger partial charge in [0.1, 0.15) is 0 Å². The van der Waals surface area contributed by atoms with E-state index in [0.29, 0.717) is 10.9 Å². The van der Waals surface area contributed by atoms with Gasteiger partial charge in [-0.3, -0.25) is 0 Å². The topological polar surface area (TPSA) is 49.6 Å². The van der Waals surface area contributed by atoms with Gasteiger partial charge in [-0.1, -0.05) is 0 Å². The van der Waals surface area contributed by atoms with Crippen molar-refractivity contribution < 1.29 is 35.5 Å². The predicted molar refractivity (Wildman–Crippen MR) is 42.3 cm³/mol. The third-order valence-electron chi connectivity index (χ3n) is 1.52. The summed E-state index contributed by atoms with van der Waals surface area (Å²) in [7, 11) is 0. The number of halogens is 1. The van der Waals surface area contributed by atoms with Gasteiger partial charge < -0.3 is 15.7 Å². The van der Waals surface area contributed by atoms with Crippen LogP contribution >= 0.6 is 0 Å². The third-order valence-corrected chi connectivity index (χ3v) is 1.52. The van der Waals surface area contributed by atoms with E-state index in [9.17, 15) is 4.39 Å². The van der Waals surface area contributed by atoms with Gasteiger partial charge in [-0.25, -0.2) is 4.39 Å². The fraction of sp³-hybridized carbons (Fsp3) is 0. The Bertz CT molecular complexity index is 392. The number of nitrogens with one attached hydrogen (secondary N) is 1. The molecule has 0 atom stereocenters. The van der Waals surface area contributed by atoms with Crippen molar-refractivity contribution in [2.75, 3.05) is 0 Å². The molecule has 2 rings (SSSR count). The van der Waals surface area contributed by atoms with Crippen LogP contribution in [0.1, 0.15) is 0 Å². The van der Waals surface area contributed by atoms with Crippen molar-refractivity contribution in [3.05, 3.63) is 36.2 Å². The molecule has 0 aliphatic heterocycles. The number of rotatable bonds is 0. The maximum absolute atomic E-state index is 12.8. The monoisotopic (exact) mass is 399 g/mol. The molecule has 5 heteroatoms. The van der Waals surface area contributed by atoms with E-state index >= 15 is 0 Å². The standard InChI is InChI=1S/C8H4FN3.U/c9-6-2-8-5(1-7(6)10)3-11-4-12-8;/h1-2,4,10H;/q-2;. The van der Waals surface area contributed by atoms with Crippen LogP contribution in [0.5, 0.6) is 0 Å². The molecule has 13 heavy (non-hydrogen) atoms. The molecule has 0 aliphatic rings. The molecule has 0 saturated carbocycles. The maximum Gasteiger partial charge on any atom is 0.0915 e. The molecule has 1 N–H and O–H groups in total. The number of benzene rings is 1. The second kappa shape index (κ2) is 4.03. The van der Waals surface area contributed by atoms with Crippen LogP contribution in [0.2, 0.25) is 0 Å². The molecule has 0 radical (unpaired) electrons. The SMILES string of the molecule is [NH-]c1cc2[c-]ncnc2cc1F.[U]. The molecular weight excluding hydrogens is 395 g/mol. The normalized spacial score (nSPS) is 9.62. The Kier molecular flexibility index (Phi) is 3.23. The maximum atomic E-state index is 12.8. The average molecular weight is 399 g/mol. The molecule has 3 nitrogen and oxygen atoms in total. The molecule has 0 aliphatic carbocycles. The summed E-state index contributed by atoms with van der Waals surface area (Å²) in [6.07, 6.45) is 3.92. The fourth-order valence-electron chi connectivity index (χ4n) is 0.949. The van der Waals surface area contributed by atoms with E-state index in [1.165, 1.54) is 18.5 Å². The number of aromatic nitrogens is 2. The smallest absolute Gasteiger partial charge is 0.0915 e. The van der Waals surface area contributed by atoms with Crippen molar-refractivity contribution in [2.45, 2.75) is 0 Å². The van der Waals surface area contributed by atoms with Crippen LogP contribution in [-0.4, -0.2) is 9.97 Å². The molecule has 1 aromatic carbocycles. The number of fused-ring (bicyclic) bond motifs is 1. The summed E-state index contributed by atoms with van der Waals surface area (Å²) in [4.78, 5) is 7.46. The van der Waals surface area contributed by atoms with Gasteiger partial charge in [0.15, 0.2) is 0 Å². The Morgan fingerprint density at radius 3 is 2.92 bits per heavy atom. The van der Waals surface area contributed by atoms with Crippen molar-refractivity contribution >= 4 is 16.6 Å². The molecular formula is C8H4FN3U-2. The van der Waals surface area contributed by atoms with Gasteiger partial charge in [0.25, 0.3) is 0 Å². The summed E-state index contributed by atoms with van der Waals surface area (Å²) in [5, 5.41) is 0.559. The first-order valence-corrected chi connectivity index (χ1v) is 3.31. The van der Waals surface area contributed by atoms with Gasteiger partial charge in [-0.15, -0.1) is 17.1 Å². The number of hydrogen-bond donors (Lipinski definition) is 0. The minimum atomic E-state index is -0.574. The van der Waals surface area contributed by atoms with E-state index < -0.39 is 5.82 Å². The van der Waals surface area contributed by atoms with E-state index in [4.69, 9.17) is 5.73 Å². The molecule has 0 saturated heterocycles. The minimum absolute atomic E-state index is 0. The molecule has 0 spiro atoms. The van der Waals surface area contributed by atoms with Gasteiger partial charge in [0, 0.05) is 37.4 Å². The van der Waals surface area contributed by atoms with Gasteiger partial charge in [-0.05, 0) is 17.8 Å². The first kappa shape index (κ1) is 10.4. The zero-order chi connectivity index (χ0) is 8.55. The van der Waals surface area contributed by atoms with Crippen molar-refractivity contribution in [3.63, 3.8) is 0 Å². The molecule has 0 fully saturated rings. The molecule has 64 valence electrons. The van der Waals surface area contributed by atoms with Crippen LogP contribution in [0.25, 0.3) is 16.6 Å². The van der Waals surface area contributed by atoms with Gasteiger partial charge in [0.05, 0.1) is 5.82 Å². The summed E-state index contributed by atoms with van der Waals surface area (Å²) in [6, 6.07) is 2.56. The molecule has 0 amide bonds. The summed E-state index contributed by atoms with van der Waals surface area (Å²) in [5.74, 6) is -0.574. The molecule has 0 bridgehead atoms. The minimum Gasteiger partial charge on any atom is -0.704 e. The van der Waals surface area contributed by atoms with Crippen LogP contribution < -0.4 is 0 Å². The van der Waals surface area contributed by atoms with Crippen molar-refractivity contribution in [2.24, 2.45) is 0 Å². The first-order chi connectivity index (χ1) is 5.77. The number of hydrogen-bond acceptors (Lipinski definition) is 2. The Hall–Kier alpha value is -0.658. The van der Waals surface area contributed by atoms with Gasteiger partial charge in [0.2, 0.25) is 0 Å². The Morgan fingerprint density at radius 1 is 1.38 bits per heavy atom. The van der Waals surface area contributed by atoms with Crippen LogP contribution in [-0.2, 0) is 0 Å². The molecule has 0 unspecified atom stereocenters. The third kappa shape index (κ3) is 1.98. The van der Waals surface area contributed by atoms with Crippen molar-refractivity contribution in [1.82, 2.24) is 9.97 Å². The van der Waals surface area contributed by atoms with E-state index in [-0.39, 0.29) is 36.8 Å². The van der Waals surface area contributed by atoms with Crippen LogP contribution in [0.3, 0.4) is 0 Å². The Labute approximate surface area is 97.9 Å². The average Bonchev–Trinajstić information content (AvgIpc) is 2.07. The van der Waals surface area contributed by atoms with Crippen LogP contribution in [0.4, 0.5) is 10.1 Å². The zero-order valence-electron chi connectivity index (χ0n) is 6.50. The summed E-state index contributed by atoms with van der Waals surface area (Å²) in [5.41, 5.74) is 7.46. The van der Waals surface area contributed by atoms with Crippen LogP contribution in [0.15, 0.2) is 18.5 Å². The van der Waals surface area contributed by atoms with E-state index in [1.807, 2.05) is 0 Å². The predicted octanol–water partition coefficient (Wildman–Crippen LogP) is 2.25. The Balaban J connectivity index is 0.000000845. The van der Waals surface area contributed by atoms with E-state index in [1.54, 1.807) is 0 Å². The second-order valence-electron chi connectivity index (χ2n) is 2.33. The molecule has 2 aromatic rings. The summed E-state index contributed by atoms with van der Waals surface area (Å²) >= 11 is 0. The van der Waals surface area contributed by atoms with Gasteiger partial charge in [-0.2, -0.15) is 0 Å². The van der Waals surface area contributed by atoms with Crippen molar-refractivity contribution in [1.29, 1.82) is 0 Å². The molecule has 1 heterocycles. The number of nitrogens with zero attached hydrogens (tertiary/aromatic N) is 2. The van der Waals surface area contributed by atoms with Crippen molar-refractivity contribution in [3.8, 4) is 0 Å². The summed E-state index contributed by atoms with van der Waals surface area (Å²) in [6.45, 7) is 0. The molecule has 1 aromatic heterocycles. The zero-order valence-corrected chi connectivity index (χ0v) is 10.7. The van der Waals surface area contributed by atoms with E-state index in [0.717, 1.165) is 0 Å². The van der Waals surface area contributed by atoms with E-state index in [2.05, 4.69) is 16.2 Å². The fourth-order valence-corrected chi connectivity index (χ4v) is 0.949. The quantitative estimate of drug-likeness (QED) is 0.639. The van der Waals surface area contributed by atoms with Gasteiger partial charge >= 0.3 is 0 Å². The Morgan fingerprint density at radius 2 is 2.15 bits per heavy atom. The first-order valence-electron chi connectivity index (χ1n) is 3.31. The van der Waals surface area contributed by atoms with Crippen LogP contribution in [0, 0.1) is 43.1 Å².